The van der Waals surface area contributed by atoms with E-state index in [2.05, 4.69) is 5.32 Å². The summed E-state index contributed by atoms with van der Waals surface area (Å²) in [4.78, 5) is 25.3. The molecule has 0 saturated carbocycles. The molecule has 1 fully saturated rings. The van der Waals surface area contributed by atoms with Crippen molar-refractivity contribution in [3.8, 4) is 0 Å². The van der Waals surface area contributed by atoms with Crippen molar-refractivity contribution in [2.45, 2.75) is 45.3 Å². The number of benzene rings is 1. The zero-order valence-electron chi connectivity index (χ0n) is 12.7. The molecule has 3 N–H and O–H groups in total. The van der Waals surface area contributed by atoms with Crippen LogP contribution in [0, 0.1) is 0 Å². The Balaban J connectivity index is 1.94. The van der Waals surface area contributed by atoms with Gasteiger partial charge in [-0.3, -0.25) is 9.59 Å². The number of rotatable bonds is 5. The Morgan fingerprint density at radius 2 is 2.10 bits per heavy atom. The molecule has 0 radical (unpaired) electrons. The minimum atomic E-state index is -0.875. The summed E-state index contributed by atoms with van der Waals surface area (Å²) in [5.41, 5.74) is 6.96. The van der Waals surface area contributed by atoms with Crippen molar-refractivity contribution in [1.82, 2.24) is 10.2 Å². The largest absolute Gasteiger partial charge is 0.350 e. The first-order chi connectivity index (χ1) is 9.86. The van der Waals surface area contributed by atoms with Crippen LogP contribution in [0.1, 0.15) is 37.8 Å². The number of carbonyl (C=O) groups excluding carboxylic acids is 2. The lowest BCUT2D eigenvalue weighted by molar-refractivity contribution is -0.128. The Morgan fingerprint density at radius 3 is 2.71 bits per heavy atom. The molecule has 0 unspecified atom stereocenters. The van der Waals surface area contributed by atoms with Crippen LogP contribution in [0.15, 0.2) is 24.3 Å². The summed E-state index contributed by atoms with van der Waals surface area (Å²) in [6, 6.07) is 7.93. The Hall–Kier alpha value is -1.88. The monoisotopic (exact) mass is 289 g/mol. The first-order valence-corrected chi connectivity index (χ1v) is 7.29. The summed E-state index contributed by atoms with van der Waals surface area (Å²) >= 11 is 0. The maximum Gasteiger partial charge on any atom is 0.239 e. The Kier molecular flexibility index (Phi) is 4.63. The van der Waals surface area contributed by atoms with E-state index in [1.165, 1.54) is 0 Å². The second kappa shape index (κ2) is 6.26. The van der Waals surface area contributed by atoms with Crippen LogP contribution in [-0.4, -0.2) is 28.8 Å². The standard InChI is InChI=1S/C16H23N3O2/c1-16(2,17)15(21)18-10-12-5-3-6-13(9-12)11-19-8-4-7-14(19)20/h3,5-6,9H,4,7-8,10-11,17H2,1-2H3,(H,18,21). The van der Waals surface area contributed by atoms with Crippen molar-refractivity contribution in [2.24, 2.45) is 5.73 Å². The van der Waals surface area contributed by atoms with E-state index < -0.39 is 5.54 Å². The quantitative estimate of drug-likeness (QED) is 0.854. The fraction of sp³-hybridized carbons (Fsp3) is 0.500. The third kappa shape index (κ3) is 4.29. The maximum atomic E-state index is 11.8. The van der Waals surface area contributed by atoms with Gasteiger partial charge in [-0.05, 0) is 31.4 Å². The molecular weight excluding hydrogens is 266 g/mol. The summed E-state index contributed by atoms with van der Waals surface area (Å²) in [6.45, 7) is 5.28. The number of nitrogens with one attached hydrogen (secondary N) is 1. The predicted molar refractivity (Wildman–Crippen MR) is 81.2 cm³/mol. The lowest BCUT2D eigenvalue weighted by Gasteiger charge is -2.18. The normalized spacial score (nSPS) is 15.4. The molecule has 1 aromatic carbocycles. The molecule has 0 spiro atoms. The molecule has 21 heavy (non-hydrogen) atoms. The average molecular weight is 289 g/mol. The zero-order chi connectivity index (χ0) is 15.5. The van der Waals surface area contributed by atoms with Gasteiger partial charge in [0.05, 0.1) is 5.54 Å². The molecule has 2 amide bonds. The van der Waals surface area contributed by atoms with Gasteiger partial charge in [0.2, 0.25) is 11.8 Å². The van der Waals surface area contributed by atoms with Crippen molar-refractivity contribution in [3.05, 3.63) is 35.4 Å². The third-order valence-electron chi connectivity index (χ3n) is 3.57. The van der Waals surface area contributed by atoms with Crippen molar-refractivity contribution >= 4 is 11.8 Å². The minimum Gasteiger partial charge on any atom is -0.350 e. The van der Waals surface area contributed by atoms with Crippen LogP contribution in [-0.2, 0) is 22.7 Å². The number of nitrogens with zero attached hydrogens (tertiary/aromatic N) is 1. The highest BCUT2D eigenvalue weighted by atomic mass is 16.2. The number of hydrogen-bond acceptors (Lipinski definition) is 3. The highest BCUT2D eigenvalue weighted by molar-refractivity contribution is 5.85. The van der Waals surface area contributed by atoms with Crippen LogP contribution in [0.25, 0.3) is 0 Å². The van der Waals surface area contributed by atoms with Crippen LogP contribution in [0.4, 0.5) is 0 Å². The number of hydrogen-bond donors (Lipinski definition) is 2. The molecule has 5 nitrogen and oxygen atoms in total. The Bertz CT molecular complexity index is 535. The molecule has 5 heteroatoms. The van der Waals surface area contributed by atoms with Gasteiger partial charge < -0.3 is 16.0 Å². The van der Waals surface area contributed by atoms with E-state index >= 15 is 0 Å². The molecule has 0 bridgehead atoms. The SMILES string of the molecule is CC(C)(N)C(=O)NCc1cccc(CN2CCCC2=O)c1. The van der Waals surface area contributed by atoms with Crippen LogP contribution in [0.5, 0.6) is 0 Å². The summed E-state index contributed by atoms with van der Waals surface area (Å²) in [5.74, 6) is 0.0428. The molecule has 1 aliphatic heterocycles. The molecule has 0 atom stereocenters. The van der Waals surface area contributed by atoms with Crippen LogP contribution in [0.3, 0.4) is 0 Å². The van der Waals surface area contributed by atoms with E-state index in [1.54, 1.807) is 13.8 Å². The van der Waals surface area contributed by atoms with Gasteiger partial charge in [0.15, 0.2) is 0 Å². The fourth-order valence-electron chi connectivity index (χ4n) is 2.34. The third-order valence-corrected chi connectivity index (χ3v) is 3.57. The smallest absolute Gasteiger partial charge is 0.239 e. The van der Waals surface area contributed by atoms with E-state index in [1.807, 2.05) is 29.2 Å². The second-order valence-corrected chi connectivity index (χ2v) is 6.14. The topological polar surface area (TPSA) is 75.4 Å². The van der Waals surface area contributed by atoms with E-state index in [-0.39, 0.29) is 11.8 Å². The van der Waals surface area contributed by atoms with Crippen molar-refractivity contribution in [2.75, 3.05) is 6.54 Å². The van der Waals surface area contributed by atoms with Crippen LogP contribution < -0.4 is 11.1 Å². The predicted octanol–water partition coefficient (Wildman–Crippen LogP) is 1.16. The van der Waals surface area contributed by atoms with Crippen LogP contribution >= 0.6 is 0 Å². The Labute approximate surface area is 125 Å². The van der Waals surface area contributed by atoms with Gasteiger partial charge in [-0.15, -0.1) is 0 Å². The number of nitrogens with two attached hydrogens (primary N) is 1. The van der Waals surface area contributed by atoms with Gasteiger partial charge in [-0.2, -0.15) is 0 Å². The van der Waals surface area contributed by atoms with Crippen molar-refractivity contribution in [1.29, 1.82) is 0 Å². The van der Waals surface area contributed by atoms with Crippen LogP contribution in [0.2, 0.25) is 0 Å². The first-order valence-electron chi connectivity index (χ1n) is 7.29. The summed E-state index contributed by atoms with van der Waals surface area (Å²) < 4.78 is 0. The molecule has 1 aromatic rings. The van der Waals surface area contributed by atoms with Gasteiger partial charge in [0, 0.05) is 26.1 Å². The van der Waals surface area contributed by atoms with Gasteiger partial charge in [0.25, 0.3) is 0 Å². The van der Waals surface area contributed by atoms with Gasteiger partial charge in [-0.25, -0.2) is 0 Å². The average Bonchev–Trinajstić information content (AvgIpc) is 2.81. The summed E-state index contributed by atoms with van der Waals surface area (Å²) in [7, 11) is 0. The van der Waals surface area contributed by atoms with Crippen molar-refractivity contribution in [3.63, 3.8) is 0 Å². The second-order valence-electron chi connectivity index (χ2n) is 6.14. The van der Waals surface area contributed by atoms with Gasteiger partial charge >= 0.3 is 0 Å². The lowest BCUT2D eigenvalue weighted by atomic mass is 10.1. The molecule has 0 aromatic heterocycles. The molecule has 0 aliphatic carbocycles. The summed E-state index contributed by atoms with van der Waals surface area (Å²) in [5, 5.41) is 2.82. The van der Waals surface area contributed by atoms with Crippen molar-refractivity contribution < 1.29 is 9.59 Å². The minimum absolute atomic E-state index is 0.178. The van der Waals surface area contributed by atoms with E-state index in [0.29, 0.717) is 19.5 Å². The molecule has 2 rings (SSSR count). The highest BCUT2D eigenvalue weighted by Gasteiger charge is 2.21. The highest BCUT2D eigenvalue weighted by Crippen LogP contribution is 2.15. The van der Waals surface area contributed by atoms with Gasteiger partial charge in [-0.1, -0.05) is 24.3 Å². The maximum absolute atomic E-state index is 11.8. The van der Waals surface area contributed by atoms with Gasteiger partial charge in [0.1, 0.15) is 0 Å². The lowest BCUT2D eigenvalue weighted by Crippen LogP contribution is -2.48. The molecule has 1 aliphatic rings. The summed E-state index contributed by atoms with van der Waals surface area (Å²) in [6.07, 6.45) is 1.60. The van der Waals surface area contributed by atoms with E-state index in [9.17, 15) is 9.59 Å². The molecule has 1 heterocycles. The molecule has 114 valence electrons. The first kappa shape index (κ1) is 15.5. The Morgan fingerprint density at radius 1 is 1.38 bits per heavy atom. The number of carbonyl (C=O) groups is 2. The molecule has 1 saturated heterocycles. The van der Waals surface area contributed by atoms with E-state index in [4.69, 9.17) is 5.73 Å². The molecular formula is C16H23N3O2. The number of likely N-dealkylation sites (tertiary alicyclic amines) is 1. The zero-order valence-corrected chi connectivity index (χ0v) is 12.7. The fourth-order valence-corrected chi connectivity index (χ4v) is 2.34. The van der Waals surface area contributed by atoms with E-state index in [0.717, 1.165) is 24.1 Å². The number of amides is 2.